The number of aromatic nitrogens is 2. The molecule has 0 bridgehead atoms. The minimum absolute atomic E-state index is 0.325. The molecule has 0 spiro atoms. The lowest BCUT2D eigenvalue weighted by molar-refractivity contribution is 0.468. The van der Waals surface area contributed by atoms with E-state index < -0.39 is 10.8 Å². The Balaban J connectivity index is 1.54. The van der Waals surface area contributed by atoms with Crippen LogP contribution in [0.25, 0.3) is 0 Å². The van der Waals surface area contributed by atoms with Crippen molar-refractivity contribution in [1.82, 2.24) is 20.4 Å². The van der Waals surface area contributed by atoms with Gasteiger partial charge in [-0.2, -0.15) is 5.10 Å². The third-order valence-electron chi connectivity index (χ3n) is 4.72. The van der Waals surface area contributed by atoms with Gasteiger partial charge in [0, 0.05) is 49.6 Å². The first-order valence-corrected chi connectivity index (χ1v) is 11.2. The molecule has 0 aliphatic carbocycles. The van der Waals surface area contributed by atoms with E-state index in [4.69, 9.17) is 0 Å². The number of piperidine rings is 1. The maximum absolute atomic E-state index is 12.4. The van der Waals surface area contributed by atoms with Crippen LogP contribution >= 0.6 is 0 Å². The Morgan fingerprint density at radius 2 is 2.18 bits per heavy atom. The molecule has 2 N–H and O–H groups in total. The number of benzene rings is 1. The Hall–Kier alpha value is -2.35. The summed E-state index contributed by atoms with van der Waals surface area (Å²) < 4.78 is 14.2. The molecule has 1 saturated heterocycles. The van der Waals surface area contributed by atoms with Gasteiger partial charge >= 0.3 is 0 Å². The highest BCUT2D eigenvalue weighted by atomic mass is 32.2. The van der Waals surface area contributed by atoms with Gasteiger partial charge in [0.15, 0.2) is 5.96 Å². The van der Waals surface area contributed by atoms with Gasteiger partial charge in [0.25, 0.3) is 0 Å². The van der Waals surface area contributed by atoms with E-state index >= 15 is 0 Å². The molecule has 28 heavy (non-hydrogen) atoms. The summed E-state index contributed by atoms with van der Waals surface area (Å²) in [5, 5.41) is 11.1. The van der Waals surface area contributed by atoms with Crippen molar-refractivity contribution in [3.05, 3.63) is 42.7 Å². The van der Waals surface area contributed by atoms with Crippen LogP contribution < -0.4 is 15.5 Å². The SMILES string of the molecule is CCNC(=NCCS(=O)c1ccccc1)NC1CCCN(c2cnn(C)c2)C1. The molecule has 3 rings (SSSR count). The number of rotatable bonds is 7. The number of nitrogens with one attached hydrogen (secondary N) is 2. The maximum Gasteiger partial charge on any atom is 0.191 e. The van der Waals surface area contributed by atoms with Gasteiger partial charge in [-0.05, 0) is 31.9 Å². The molecular weight excluding hydrogens is 372 g/mol. The quantitative estimate of drug-likeness (QED) is 0.545. The van der Waals surface area contributed by atoms with E-state index in [0.717, 1.165) is 49.0 Å². The number of aliphatic imine (C=N–C) groups is 1. The zero-order valence-corrected chi connectivity index (χ0v) is 17.5. The van der Waals surface area contributed by atoms with Gasteiger partial charge in [0.05, 0.1) is 29.2 Å². The average Bonchev–Trinajstić information content (AvgIpc) is 3.15. The van der Waals surface area contributed by atoms with Gasteiger partial charge in [-0.1, -0.05) is 18.2 Å². The van der Waals surface area contributed by atoms with Crippen LogP contribution in [0.4, 0.5) is 5.69 Å². The Morgan fingerprint density at radius 3 is 2.89 bits per heavy atom. The topological polar surface area (TPSA) is 74.6 Å². The second-order valence-corrected chi connectivity index (χ2v) is 8.50. The van der Waals surface area contributed by atoms with Gasteiger partial charge < -0.3 is 15.5 Å². The Kier molecular flexibility index (Phi) is 7.47. The van der Waals surface area contributed by atoms with Gasteiger partial charge in [0.2, 0.25) is 0 Å². The second-order valence-electron chi connectivity index (χ2n) is 6.93. The normalized spacial score (nSPS) is 18.7. The van der Waals surface area contributed by atoms with Crippen molar-refractivity contribution in [2.75, 3.05) is 36.8 Å². The summed E-state index contributed by atoms with van der Waals surface area (Å²) in [6.07, 6.45) is 6.21. The van der Waals surface area contributed by atoms with Crippen LogP contribution in [0.15, 0.2) is 52.6 Å². The summed E-state index contributed by atoms with van der Waals surface area (Å²) in [4.78, 5) is 7.86. The lowest BCUT2D eigenvalue weighted by Gasteiger charge is -2.34. The maximum atomic E-state index is 12.4. The lowest BCUT2D eigenvalue weighted by Crippen LogP contribution is -2.51. The molecule has 2 aromatic rings. The van der Waals surface area contributed by atoms with E-state index in [-0.39, 0.29) is 0 Å². The summed E-state index contributed by atoms with van der Waals surface area (Å²) in [6, 6.07) is 9.89. The summed E-state index contributed by atoms with van der Waals surface area (Å²) in [5.41, 5.74) is 1.16. The number of aryl methyl sites for hydroxylation is 1. The number of guanidine groups is 1. The number of nitrogens with zero attached hydrogens (tertiary/aromatic N) is 4. The first-order valence-electron chi connectivity index (χ1n) is 9.87. The van der Waals surface area contributed by atoms with Crippen LogP contribution in [-0.4, -0.2) is 57.9 Å². The fourth-order valence-electron chi connectivity index (χ4n) is 3.34. The van der Waals surface area contributed by atoms with Crippen molar-refractivity contribution < 1.29 is 4.21 Å². The summed E-state index contributed by atoms with van der Waals surface area (Å²) >= 11 is 0. The number of anilines is 1. The van der Waals surface area contributed by atoms with Crippen LogP contribution in [0.5, 0.6) is 0 Å². The first kappa shape index (κ1) is 20.4. The van der Waals surface area contributed by atoms with Crippen molar-refractivity contribution in [3.8, 4) is 0 Å². The molecule has 0 amide bonds. The van der Waals surface area contributed by atoms with Crippen LogP contribution in [0.1, 0.15) is 19.8 Å². The van der Waals surface area contributed by atoms with Crippen molar-refractivity contribution in [1.29, 1.82) is 0 Å². The smallest absolute Gasteiger partial charge is 0.191 e. The van der Waals surface area contributed by atoms with E-state index in [1.54, 1.807) is 0 Å². The van der Waals surface area contributed by atoms with E-state index in [0.29, 0.717) is 18.3 Å². The third kappa shape index (κ3) is 5.82. The molecule has 0 saturated carbocycles. The molecule has 0 radical (unpaired) electrons. The Morgan fingerprint density at radius 1 is 1.36 bits per heavy atom. The van der Waals surface area contributed by atoms with Crippen molar-refractivity contribution in [3.63, 3.8) is 0 Å². The van der Waals surface area contributed by atoms with E-state index in [1.807, 2.05) is 48.3 Å². The molecular formula is C20H30N6OS. The fraction of sp³-hybridized carbons (Fsp3) is 0.500. The van der Waals surface area contributed by atoms with Crippen LogP contribution in [0.3, 0.4) is 0 Å². The summed E-state index contributed by atoms with van der Waals surface area (Å²) in [6.45, 7) is 5.35. The van der Waals surface area contributed by atoms with Gasteiger partial charge in [-0.15, -0.1) is 0 Å². The summed E-state index contributed by atoms with van der Waals surface area (Å²) in [7, 11) is 0.924. The molecule has 2 atom stereocenters. The molecule has 1 aromatic heterocycles. The lowest BCUT2D eigenvalue weighted by atomic mass is 10.1. The predicted octanol–water partition coefficient (Wildman–Crippen LogP) is 1.75. The highest BCUT2D eigenvalue weighted by Crippen LogP contribution is 2.18. The minimum atomic E-state index is -1.02. The first-order chi connectivity index (χ1) is 13.7. The minimum Gasteiger partial charge on any atom is -0.367 e. The third-order valence-corrected chi connectivity index (χ3v) is 6.07. The van der Waals surface area contributed by atoms with Crippen molar-refractivity contribution >= 4 is 22.4 Å². The van der Waals surface area contributed by atoms with Gasteiger partial charge in [0.1, 0.15) is 0 Å². The average molecular weight is 403 g/mol. The number of hydrogen-bond donors (Lipinski definition) is 2. The van der Waals surface area contributed by atoms with Crippen LogP contribution in [-0.2, 0) is 17.8 Å². The monoisotopic (exact) mass is 402 g/mol. The van der Waals surface area contributed by atoms with Gasteiger partial charge in [-0.25, -0.2) is 0 Å². The molecule has 8 heteroatoms. The van der Waals surface area contributed by atoms with E-state index in [9.17, 15) is 4.21 Å². The summed E-state index contributed by atoms with van der Waals surface area (Å²) in [5.74, 6) is 1.32. The van der Waals surface area contributed by atoms with Crippen molar-refractivity contribution in [2.45, 2.75) is 30.7 Å². The van der Waals surface area contributed by atoms with Crippen LogP contribution in [0.2, 0.25) is 0 Å². The predicted molar refractivity (Wildman–Crippen MR) is 115 cm³/mol. The highest BCUT2D eigenvalue weighted by molar-refractivity contribution is 7.85. The zero-order chi connectivity index (χ0) is 19.8. The number of hydrogen-bond acceptors (Lipinski definition) is 4. The largest absolute Gasteiger partial charge is 0.367 e. The second kappa shape index (κ2) is 10.3. The highest BCUT2D eigenvalue weighted by Gasteiger charge is 2.21. The Bertz CT molecular complexity index is 791. The molecule has 2 heterocycles. The van der Waals surface area contributed by atoms with Gasteiger partial charge in [-0.3, -0.25) is 13.9 Å². The van der Waals surface area contributed by atoms with Crippen molar-refractivity contribution in [2.24, 2.45) is 12.0 Å². The van der Waals surface area contributed by atoms with E-state index in [2.05, 4.69) is 38.7 Å². The zero-order valence-electron chi connectivity index (χ0n) is 16.7. The molecule has 1 aliphatic heterocycles. The standard InChI is InChI=1S/C20H30N6OS/c1-3-21-20(22-11-13-28(27)19-9-5-4-6-10-19)24-17-8-7-12-26(15-17)18-14-23-25(2)16-18/h4-6,9-10,14,16-17H,3,7-8,11-13,15H2,1-2H3,(H2,21,22,24). The molecule has 7 nitrogen and oxygen atoms in total. The Labute approximate surface area is 169 Å². The molecule has 1 aliphatic rings. The molecule has 1 aromatic carbocycles. The molecule has 152 valence electrons. The molecule has 2 unspecified atom stereocenters. The van der Waals surface area contributed by atoms with E-state index in [1.165, 1.54) is 0 Å². The molecule has 1 fully saturated rings. The fourth-order valence-corrected chi connectivity index (χ4v) is 4.30. The van der Waals surface area contributed by atoms with Crippen LogP contribution in [0, 0.1) is 0 Å².